The number of thioether (sulfide) groups is 1. The van der Waals surface area contributed by atoms with Gasteiger partial charge in [-0.3, -0.25) is 14.2 Å². The summed E-state index contributed by atoms with van der Waals surface area (Å²) in [6.07, 6.45) is 2.49. The Hall–Kier alpha value is -1.35. The number of amides is 1. The van der Waals surface area contributed by atoms with Gasteiger partial charge in [0.15, 0.2) is 5.16 Å². The number of rotatable bonds is 3. The second-order valence-electron chi connectivity index (χ2n) is 6.86. The molecule has 0 aromatic carbocycles. The lowest BCUT2D eigenvalue weighted by Crippen LogP contribution is -2.43. The van der Waals surface area contributed by atoms with Crippen LogP contribution in [-0.4, -0.2) is 59.1 Å². The Kier molecular flexibility index (Phi) is 4.98. The summed E-state index contributed by atoms with van der Waals surface area (Å²) >= 11 is 1.51. The second-order valence-corrected chi connectivity index (χ2v) is 10.2. The molecule has 1 amide bonds. The van der Waals surface area contributed by atoms with Gasteiger partial charge in [0.05, 0.1) is 11.3 Å². The van der Waals surface area contributed by atoms with Crippen molar-refractivity contribution in [2.75, 3.05) is 25.1 Å². The fraction of sp³-hybridized carbons (Fsp3) is 0.688. The van der Waals surface area contributed by atoms with Crippen LogP contribution in [0.5, 0.6) is 0 Å². The zero-order valence-electron chi connectivity index (χ0n) is 14.7. The van der Waals surface area contributed by atoms with Gasteiger partial charge in [-0.15, -0.1) is 0 Å². The largest absolute Gasteiger partial charge is 0.343 e. The average Bonchev–Trinajstić information content (AvgIpc) is 2.94. The van der Waals surface area contributed by atoms with E-state index in [1.54, 1.807) is 16.4 Å². The van der Waals surface area contributed by atoms with E-state index in [9.17, 15) is 18.0 Å². The van der Waals surface area contributed by atoms with E-state index in [4.69, 9.17) is 0 Å². The molecule has 7 nitrogen and oxygen atoms in total. The molecule has 0 N–H and O–H groups in total. The summed E-state index contributed by atoms with van der Waals surface area (Å²) < 4.78 is 24.9. The molecule has 0 spiro atoms. The minimum absolute atomic E-state index is 0.0180. The Labute approximate surface area is 151 Å². The van der Waals surface area contributed by atoms with Crippen LogP contribution in [0.15, 0.2) is 9.95 Å². The van der Waals surface area contributed by atoms with Crippen LogP contribution >= 0.6 is 11.8 Å². The molecule has 1 saturated heterocycles. The first kappa shape index (κ1) is 18.4. The van der Waals surface area contributed by atoms with Crippen LogP contribution < -0.4 is 5.56 Å². The van der Waals surface area contributed by atoms with Gasteiger partial charge in [0.1, 0.15) is 9.84 Å². The monoisotopic (exact) mass is 385 g/mol. The van der Waals surface area contributed by atoms with Crippen LogP contribution in [0, 0.1) is 13.8 Å². The van der Waals surface area contributed by atoms with Gasteiger partial charge >= 0.3 is 0 Å². The number of likely N-dealkylation sites (tertiary alicyclic amines) is 1. The molecule has 2 aliphatic heterocycles. The third-order valence-corrected chi connectivity index (χ3v) is 7.91. The number of fused-ring (bicyclic) bond motifs is 1. The first-order chi connectivity index (χ1) is 11.7. The average molecular weight is 386 g/mol. The minimum atomic E-state index is -3.05. The number of carbonyl (C=O) groups is 1. The lowest BCUT2D eigenvalue weighted by Gasteiger charge is -2.31. The van der Waals surface area contributed by atoms with Crippen molar-refractivity contribution in [1.29, 1.82) is 0 Å². The Bertz CT molecular complexity index is 855. The number of piperidine rings is 1. The third-order valence-electron chi connectivity index (χ3n) is 5.13. The predicted molar refractivity (Wildman–Crippen MR) is 96.8 cm³/mol. The van der Waals surface area contributed by atoms with Gasteiger partial charge < -0.3 is 4.90 Å². The van der Waals surface area contributed by atoms with E-state index < -0.39 is 9.84 Å². The number of aryl methyl sites for hydroxylation is 1. The maximum atomic E-state index is 12.6. The molecular weight excluding hydrogens is 362 g/mol. The standard InChI is InChI=1S/C16H23N3O4S2/c1-10-11(2)17-16-19(15(10)21)12(9-24-16)8-14(20)18-6-4-13(5-7-18)25(3,22)23/h12-13H,4-9H2,1-3H3. The Morgan fingerprint density at radius 2 is 1.92 bits per heavy atom. The van der Waals surface area contributed by atoms with Crippen molar-refractivity contribution in [3.63, 3.8) is 0 Å². The summed E-state index contributed by atoms with van der Waals surface area (Å²) in [5, 5.41) is 0.332. The summed E-state index contributed by atoms with van der Waals surface area (Å²) in [6.45, 7) is 4.51. The molecular formula is C16H23N3O4S2. The highest BCUT2D eigenvalue weighted by Crippen LogP contribution is 2.33. The van der Waals surface area contributed by atoms with Gasteiger partial charge in [0, 0.05) is 42.8 Å². The number of nitrogens with zero attached hydrogens (tertiary/aromatic N) is 3. The molecule has 1 atom stereocenters. The Morgan fingerprint density at radius 3 is 2.52 bits per heavy atom. The molecule has 0 saturated carbocycles. The minimum Gasteiger partial charge on any atom is -0.343 e. The summed E-state index contributed by atoms with van der Waals surface area (Å²) in [6, 6.07) is -0.181. The maximum Gasteiger partial charge on any atom is 0.257 e. The molecule has 0 radical (unpaired) electrons. The predicted octanol–water partition coefficient (Wildman–Crippen LogP) is 0.933. The number of hydrogen-bond donors (Lipinski definition) is 0. The van der Waals surface area contributed by atoms with E-state index in [2.05, 4.69) is 4.98 Å². The first-order valence-electron chi connectivity index (χ1n) is 8.37. The van der Waals surface area contributed by atoms with Gasteiger partial charge in [-0.25, -0.2) is 13.4 Å². The molecule has 1 unspecified atom stereocenters. The normalized spacial score (nSPS) is 21.4. The van der Waals surface area contributed by atoms with Crippen molar-refractivity contribution in [1.82, 2.24) is 14.5 Å². The van der Waals surface area contributed by atoms with E-state index in [1.807, 2.05) is 6.92 Å². The van der Waals surface area contributed by atoms with Crippen molar-refractivity contribution in [2.45, 2.75) is 49.6 Å². The summed E-state index contributed by atoms with van der Waals surface area (Å²) in [4.78, 5) is 31.3. The zero-order chi connectivity index (χ0) is 18.4. The van der Waals surface area contributed by atoms with Crippen molar-refractivity contribution >= 4 is 27.5 Å². The van der Waals surface area contributed by atoms with Crippen LogP contribution in [0.2, 0.25) is 0 Å². The van der Waals surface area contributed by atoms with Crippen LogP contribution in [-0.2, 0) is 14.6 Å². The molecule has 1 aromatic rings. The summed E-state index contributed by atoms with van der Waals surface area (Å²) in [5.74, 6) is 0.645. The van der Waals surface area contributed by atoms with Crippen molar-refractivity contribution in [3.05, 3.63) is 21.6 Å². The lowest BCUT2D eigenvalue weighted by atomic mass is 10.1. The second kappa shape index (κ2) is 6.75. The number of aromatic nitrogens is 2. The van der Waals surface area contributed by atoms with Gasteiger partial charge in [-0.1, -0.05) is 11.8 Å². The van der Waals surface area contributed by atoms with E-state index in [0.29, 0.717) is 42.4 Å². The molecule has 0 bridgehead atoms. The van der Waals surface area contributed by atoms with Crippen molar-refractivity contribution in [2.24, 2.45) is 0 Å². The molecule has 9 heteroatoms. The summed E-state index contributed by atoms with van der Waals surface area (Å²) in [7, 11) is -3.05. The number of carbonyl (C=O) groups excluding carboxylic acids is 1. The van der Waals surface area contributed by atoms with Gasteiger partial charge in [-0.2, -0.15) is 0 Å². The zero-order valence-corrected chi connectivity index (χ0v) is 16.3. The molecule has 1 aromatic heterocycles. The number of sulfone groups is 1. The fourth-order valence-electron chi connectivity index (χ4n) is 3.39. The highest BCUT2D eigenvalue weighted by Gasteiger charge is 2.32. The molecule has 138 valence electrons. The quantitative estimate of drug-likeness (QED) is 0.719. The number of hydrogen-bond acceptors (Lipinski definition) is 6. The van der Waals surface area contributed by atoms with E-state index in [0.717, 1.165) is 5.69 Å². The van der Waals surface area contributed by atoms with Crippen LogP contribution in [0.25, 0.3) is 0 Å². The van der Waals surface area contributed by atoms with Gasteiger partial charge in [-0.05, 0) is 26.7 Å². The fourth-order valence-corrected chi connectivity index (χ4v) is 5.63. The highest BCUT2D eigenvalue weighted by atomic mass is 32.2. The van der Waals surface area contributed by atoms with Gasteiger partial charge in [0.2, 0.25) is 5.91 Å². The lowest BCUT2D eigenvalue weighted by molar-refractivity contribution is -0.132. The third kappa shape index (κ3) is 3.62. The molecule has 25 heavy (non-hydrogen) atoms. The van der Waals surface area contributed by atoms with Crippen LogP contribution in [0.1, 0.15) is 36.6 Å². The van der Waals surface area contributed by atoms with Crippen molar-refractivity contribution in [3.8, 4) is 0 Å². The van der Waals surface area contributed by atoms with E-state index in [1.165, 1.54) is 18.0 Å². The van der Waals surface area contributed by atoms with E-state index >= 15 is 0 Å². The summed E-state index contributed by atoms with van der Waals surface area (Å²) in [5.41, 5.74) is 1.29. The molecule has 3 rings (SSSR count). The maximum absolute atomic E-state index is 12.6. The topological polar surface area (TPSA) is 89.3 Å². The highest BCUT2D eigenvalue weighted by molar-refractivity contribution is 7.99. The first-order valence-corrected chi connectivity index (χ1v) is 11.3. The Morgan fingerprint density at radius 1 is 1.28 bits per heavy atom. The van der Waals surface area contributed by atoms with E-state index in [-0.39, 0.29) is 29.2 Å². The Balaban J connectivity index is 1.69. The van der Waals surface area contributed by atoms with Crippen LogP contribution in [0.3, 0.4) is 0 Å². The van der Waals surface area contributed by atoms with Crippen LogP contribution in [0.4, 0.5) is 0 Å². The molecule has 3 heterocycles. The molecule has 1 fully saturated rings. The SMILES string of the molecule is Cc1nc2n(c(=O)c1C)C(CC(=O)N1CCC(S(C)(=O)=O)CC1)CS2. The van der Waals surface area contributed by atoms with Gasteiger partial charge in [0.25, 0.3) is 5.56 Å². The molecule has 2 aliphatic rings. The molecule has 0 aliphatic carbocycles. The van der Waals surface area contributed by atoms with Crippen molar-refractivity contribution < 1.29 is 13.2 Å². The smallest absolute Gasteiger partial charge is 0.257 e.